The second-order valence-electron chi connectivity index (χ2n) is 11.3. The van der Waals surface area contributed by atoms with E-state index in [2.05, 4.69) is 26.8 Å². The number of nitrogen functional groups attached to an aromatic ring is 1. The molecule has 1 fully saturated rings. The lowest BCUT2D eigenvalue weighted by Crippen LogP contribution is -2.41. The van der Waals surface area contributed by atoms with Crippen molar-refractivity contribution in [1.29, 1.82) is 0 Å². The molecule has 210 valence electrons. The van der Waals surface area contributed by atoms with Gasteiger partial charge < -0.3 is 10.6 Å². The van der Waals surface area contributed by atoms with E-state index in [-0.39, 0.29) is 11.7 Å². The molecule has 5 rings (SSSR count). The largest absolute Gasteiger partial charge is 0.375 e. The van der Waals surface area contributed by atoms with Gasteiger partial charge in [-0.3, -0.25) is 0 Å². The predicted molar refractivity (Wildman–Crippen MR) is 159 cm³/mol. The third kappa shape index (κ3) is 7.05. The minimum atomic E-state index is -3.35. The molecule has 7 nitrogen and oxygen atoms in total. The fraction of sp³-hybridized carbons (Fsp3) is 0.567. The molecule has 2 N–H and O–H groups in total. The van der Waals surface area contributed by atoms with Gasteiger partial charge in [-0.25, -0.2) is 23.4 Å². The van der Waals surface area contributed by atoms with E-state index in [9.17, 15) is 8.42 Å². The number of aryl methyl sites for hydroxylation is 2. The van der Waals surface area contributed by atoms with Crippen molar-refractivity contribution in [2.45, 2.75) is 82.6 Å². The molecule has 0 saturated heterocycles. The SMILES string of the molecule is CCCN(CCC1CCC(CS(=O)(=O)c2cccc(-c3ccnc(C)n3)c2)CC1)[C@H]1CCc2nc(N)sc2C1. The molecule has 0 bridgehead atoms. The molecule has 0 radical (unpaired) electrons. The molecular formula is C30H41N5O2S2. The van der Waals surface area contributed by atoms with Crippen molar-refractivity contribution >= 4 is 26.3 Å². The van der Waals surface area contributed by atoms with Gasteiger partial charge in [0.2, 0.25) is 0 Å². The normalized spacial score (nSPS) is 21.7. The second kappa shape index (κ2) is 12.4. The molecule has 0 unspecified atom stereocenters. The molecule has 2 aliphatic rings. The monoisotopic (exact) mass is 567 g/mol. The molecule has 1 atom stereocenters. The van der Waals surface area contributed by atoms with Gasteiger partial charge in [0.05, 0.1) is 22.0 Å². The van der Waals surface area contributed by atoms with Crippen molar-refractivity contribution in [1.82, 2.24) is 19.9 Å². The summed E-state index contributed by atoms with van der Waals surface area (Å²) in [4.78, 5) is 17.6. The van der Waals surface area contributed by atoms with Crippen LogP contribution in [0.4, 0.5) is 5.13 Å². The average molecular weight is 568 g/mol. The van der Waals surface area contributed by atoms with Crippen LogP contribution in [0.25, 0.3) is 11.3 Å². The van der Waals surface area contributed by atoms with Crippen LogP contribution in [-0.4, -0.2) is 53.2 Å². The van der Waals surface area contributed by atoms with Gasteiger partial charge in [0.15, 0.2) is 15.0 Å². The highest BCUT2D eigenvalue weighted by Gasteiger charge is 2.29. The van der Waals surface area contributed by atoms with E-state index in [0.29, 0.717) is 27.8 Å². The van der Waals surface area contributed by atoms with E-state index in [4.69, 9.17) is 5.73 Å². The molecule has 1 saturated carbocycles. The van der Waals surface area contributed by atoms with E-state index >= 15 is 0 Å². The number of hydrogen-bond donors (Lipinski definition) is 1. The maximum absolute atomic E-state index is 13.3. The Hall–Kier alpha value is -2.36. The first-order chi connectivity index (χ1) is 18.8. The first-order valence-corrected chi connectivity index (χ1v) is 16.9. The molecule has 9 heteroatoms. The lowest BCUT2D eigenvalue weighted by Gasteiger charge is -2.36. The van der Waals surface area contributed by atoms with Crippen LogP contribution >= 0.6 is 11.3 Å². The van der Waals surface area contributed by atoms with Crippen LogP contribution in [0.15, 0.2) is 41.4 Å². The molecule has 2 heterocycles. The summed E-state index contributed by atoms with van der Waals surface area (Å²) in [6, 6.07) is 9.61. The van der Waals surface area contributed by atoms with Crippen LogP contribution in [0.2, 0.25) is 0 Å². The summed E-state index contributed by atoms with van der Waals surface area (Å²) < 4.78 is 26.7. The van der Waals surface area contributed by atoms with E-state index in [1.807, 2.05) is 25.1 Å². The average Bonchev–Trinajstić information content (AvgIpc) is 3.31. The van der Waals surface area contributed by atoms with Crippen molar-refractivity contribution in [3.05, 3.63) is 52.9 Å². The molecule has 1 aromatic carbocycles. The Labute approximate surface area is 237 Å². The van der Waals surface area contributed by atoms with Crippen molar-refractivity contribution in [2.24, 2.45) is 11.8 Å². The first-order valence-electron chi connectivity index (χ1n) is 14.4. The Morgan fingerprint density at radius 3 is 2.62 bits per heavy atom. The van der Waals surface area contributed by atoms with Crippen LogP contribution < -0.4 is 5.73 Å². The van der Waals surface area contributed by atoms with Crippen LogP contribution in [0.1, 0.15) is 68.3 Å². The summed E-state index contributed by atoms with van der Waals surface area (Å²) >= 11 is 1.66. The fourth-order valence-electron chi connectivity index (χ4n) is 6.36. The minimum absolute atomic E-state index is 0.232. The zero-order chi connectivity index (χ0) is 27.4. The highest BCUT2D eigenvalue weighted by molar-refractivity contribution is 7.91. The Balaban J connectivity index is 1.13. The van der Waals surface area contributed by atoms with Gasteiger partial charge in [-0.2, -0.15) is 0 Å². The van der Waals surface area contributed by atoms with Gasteiger partial charge in [-0.15, -0.1) is 11.3 Å². The maximum atomic E-state index is 13.3. The topological polar surface area (TPSA) is 102 Å². The zero-order valence-corrected chi connectivity index (χ0v) is 24.8. The molecule has 0 amide bonds. The number of rotatable bonds is 10. The van der Waals surface area contributed by atoms with E-state index < -0.39 is 9.84 Å². The van der Waals surface area contributed by atoms with Crippen LogP contribution in [0, 0.1) is 18.8 Å². The van der Waals surface area contributed by atoms with Gasteiger partial charge in [0, 0.05) is 22.7 Å². The third-order valence-corrected chi connectivity index (χ3v) is 11.3. The zero-order valence-electron chi connectivity index (χ0n) is 23.2. The number of fused-ring (bicyclic) bond motifs is 1. The number of aromatic nitrogens is 3. The van der Waals surface area contributed by atoms with Gasteiger partial charge in [0.1, 0.15) is 5.82 Å². The number of nitrogens with two attached hydrogens (primary N) is 1. The van der Waals surface area contributed by atoms with Crippen LogP contribution in [0.3, 0.4) is 0 Å². The van der Waals surface area contributed by atoms with Gasteiger partial charge in [-0.05, 0) is 95.0 Å². The van der Waals surface area contributed by atoms with E-state index in [0.717, 1.165) is 69.3 Å². The molecule has 39 heavy (non-hydrogen) atoms. The number of thiazole rings is 1. The Morgan fingerprint density at radius 1 is 1.05 bits per heavy atom. The van der Waals surface area contributed by atoms with Crippen molar-refractivity contribution in [2.75, 3.05) is 24.6 Å². The molecule has 3 aromatic rings. The summed E-state index contributed by atoms with van der Waals surface area (Å²) in [6.07, 6.45) is 11.6. The third-order valence-electron chi connectivity index (χ3n) is 8.47. The number of hydrogen-bond acceptors (Lipinski definition) is 8. The number of anilines is 1. The van der Waals surface area contributed by atoms with Gasteiger partial charge in [-0.1, -0.05) is 31.9 Å². The number of nitrogens with zero attached hydrogens (tertiary/aromatic N) is 4. The number of sulfone groups is 1. The van der Waals surface area contributed by atoms with Gasteiger partial charge in [0.25, 0.3) is 0 Å². The Kier molecular flexibility index (Phi) is 8.99. The fourth-order valence-corrected chi connectivity index (χ4v) is 9.05. The standard InChI is InChI=1S/C30H41N5O2S2/c1-3-16-35(25-11-12-28-29(19-25)38-30(31)34-28)17-14-22-7-9-23(10-8-22)20-39(36,37)26-6-4-5-24(18-26)27-13-15-32-21(2)33-27/h4-6,13,15,18,22-23,25H,3,7-12,14,16-17,19-20H2,1-2H3,(H2,31,34)/t22?,23?,25-/m0/s1. The lowest BCUT2D eigenvalue weighted by molar-refractivity contribution is 0.156. The maximum Gasteiger partial charge on any atom is 0.180 e. The van der Waals surface area contributed by atoms with Gasteiger partial charge >= 0.3 is 0 Å². The summed E-state index contributed by atoms with van der Waals surface area (Å²) in [7, 11) is -3.35. The lowest BCUT2D eigenvalue weighted by atomic mass is 9.81. The summed E-state index contributed by atoms with van der Waals surface area (Å²) in [5, 5.41) is 0.704. The minimum Gasteiger partial charge on any atom is -0.375 e. The molecular weight excluding hydrogens is 526 g/mol. The van der Waals surface area contributed by atoms with Crippen molar-refractivity contribution in [3.8, 4) is 11.3 Å². The highest BCUT2D eigenvalue weighted by Crippen LogP contribution is 2.35. The Bertz CT molecular complexity index is 1370. The number of benzene rings is 1. The second-order valence-corrected chi connectivity index (χ2v) is 14.5. The summed E-state index contributed by atoms with van der Waals surface area (Å²) in [5.41, 5.74) is 8.75. The predicted octanol–water partition coefficient (Wildman–Crippen LogP) is 5.73. The smallest absolute Gasteiger partial charge is 0.180 e. The summed E-state index contributed by atoms with van der Waals surface area (Å²) in [5.74, 6) is 1.83. The quantitative estimate of drug-likeness (QED) is 0.334. The summed E-state index contributed by atoms with van der Waals surface area (Å²) in [6.45, 7) is 6.37. The Morgan fingerprint density at radius 2 is 1.85 bits per heavy atom. The van der Waals surface area contributed by atoms with E-state index in [1.165, 1.54) is 23.4 Å². The molecule has 0 aliphatic heterocycles. The molecule has 2 aromatic heterocycles. The van der Waals surface area contributed by atoms with Crippen molar-refractivity contribution < 1.29 is 8.42 Å². The molecule has 0 spiro atoms. The molecule has 2 aliphatic carbocycles. The highest BCUT2D eigenvalue weighted by atomic mass is 32.2. The van der Waals surface area contributed by atoms with Crippen LogP contribution in [0.5, 0.6) is 0 Å². The first kappa shape index (κ1) is 28.2. The van der Waals surface area contributed by atoms with E-state index in [1.54, 1.807) is 29.7 Å². The van der Waals surface area contributed by atoms with Crippen molar-refractivity contribution in [3.63, 3.8) is 0 Å². The van der Waals surface area contributed by atoms with Crippen LogP contribution in [-0.2, 0) is 22.7 Å².